The van der Waals surface area contributed by atoms with E-state index in [1.807, 2.05) is 0 Å². The number of anilines is 1. The van der Waals surface area contributed by atoms with Crippen LogP contribution in [0.25, 0.3) is 0 Å². The van der Waals surface area contributed by atoms with E-state index in [1.54, 1.807) is 18.2 Å². The standard InChI is InChI=1S/C16H12N2O5/c19-15-7-4-10-9-13(5-6-14(10)17-15)23-16(20)11-2-1-3-12(8-11)18(21)22/h1-3,5-6,8-9H,4,7H2,(H,17,19). The van der Waals surface area contributed by atoms with Crippen LogP contribution in [0, 0.1) is 10.1 Å². The molecule has 0 spiro atoms. The Hall–Kier alpha value is -3.22. The van der Waals surface area contributed by atoms with Crippen molar-refractivity contribution < 1.29 is 19.2 Å². The fourth-order valence-corrected chi connectivity index (χ4v) is 2.34. The van der Waals surface area contributed by atoms with Crippen molar-refractivity contribution in [2.75, 3.05) is 5.32 Å². The number of hydrogen-bond donors (Lipinski definition) is 1. The van der Waals surface area contributed by atoms with E-state index in [1.165, 1.54) is 24.3 Å². The van der Waals surface area contributed by atoms with E-state index in [-0.39, 0.29) is 17.2 Å². The minimum Gasteiger partial charge on any atom is -0.423 e. The minimum absolute atomic E-state index is 0.0427. The molecule has 0 saturated heterocycles. The molecule has 2 aromatic rings. The molecule has 0 aromatic heterocycles. The number of nitro groups is 1. The first-order valence-corrected chi connectivity index (χ1v) is 6.92. The van der Waals surface area contributed by atoms with Gasteiger partial charge in [-0.15, -0.1) is 0 Å². The molecule has 1 aliphatic heterocycles. The number of non-ortho nitro benzene ring substituents is 1. The number of amides is 1. The third kappa shape index (κ3) is 3.18. The number of aryl methyl sites for hydroxylation is 1. The molecule has 0 bridgehead atoms. The number of fused-ring (bicyclic) bond motifs is 1. The van der Waals surface area contributed by atoms with Crippen molar-refractivity contribution >= 4 is 23.3 Å². The van der Waals surface area contributed by atoms with Gasteiger partial charge in [-0.2, -0.15) is 0 Å². The number of carbonyl (C=O) groups is 2. The van der Waals surface area contributed by atoms with Crippen molar-refractivity contribution in [2.24, 2.45) is 0 Å². The van der Waals surface area contributed by atoms with Crippen molar-refractivity contribution in [3.05, 3.63) is 63.7 Å². The summed E-state index contributed by atoms with van der Waals surface area (Å²) in [5, 5.41) is 13.5. The highest BCUT2D eigenvalue weighted by atomic mass is 16.6. The summed E-state index contributed by atoms with van der Waals surface area (Å²) in [5.74, 6) is -0.385. The number of rotatable bonds is 3. The quantitative estimate of drug-likeness (QED) is 0.406. The molecule has 1 heterocycles. The minimum atomic E-state index is -0.673. The molecule has 0 saturated carbocycles. The first kappa shape index (κ1) is 14.7. The van der Waals surface area contributed by atoms with Gasteiger partial charge in [0, 0.05) is 24.2 Å². The van der Waals surface area contributed by atoms with Gasteiger partial charge in [0.15, 0.2) is 0 Å². The van der Waals surface area contributed by atoms with Crippen molar-refractivity contribution in [1.82, 2.24) is 0 Å². The van der Waals surface area contributed by atoms with Crippen molar-refractivity contribution in [3.63, 3.8) is 0 Å². The number of ether oxygens (including phenoxy) is 1. The number of carbonyl (C=O) groups excluding carboxylic acids is 2. The van der Waals surface area contributed by atoms with Gasteiger partial charge in [0.25, 0.3) is 5.69 Å². The van der Waals surface area contributed by atoms with Gasteiger partial charge in [-0.05, 0) is 36.2 Å². The van der Waals surface area contributed by atoms with Gasteiger partial charge in [-0.3, -0.25) is 14.9 Å². The Morgan fingerprint density at radius 2 is 2.00 bits per heavy atom. The summed E-state index contributed by atoms with van der Waals surface area (Å²) in [7, 11) is 0. The Morgan fingerprint density at radius 1 is 1.17 bits per heavy atom. The van der Waals surface area contributed by atoms with Gasteiger partial charge in [0.2, 0.25) is 5.91 Å². The molecule has 116 valence electrons. The third-order valence-electron chi connectivity index (χ3n) is 3.48. The molecule has 1 aliphatic rings. The van der Waals surface area contributed by atoms with Crippen molar-refractivity contribution in [2.45, 2.75) is 12.8 Å². The van der Waals surface area contributed by atoms with Crippen molar-refractivity contribution in [1.29, 1.82) is 0 Å². The first-order valence-electron chi connectivity index (χ1n) is 6.92. The first-order chi connectivity index (χ1) is 11.0. The second kappa shape index (κ2) is 5.88. The Kier molecular flexibility index (Phi) is 3.76. The highest BCUT2D eigenvalue weighted by molar-refractivity contribution is 5.94. The molecule has 0 radical (unpaired) electrons. The summed E-state index contributed by atoms with van der Waals surface area (Å²) in [6.07, 6.45) is 0.957. The van der Waals surface area contributed by atoms with E-state index in [4.69, 9.17) is 4.74 Å². The molecule has 1 amide bonds. The normalized spacial score (nSPS) is 13.0. The van der Waals surface area contributed by atoms with E-state index < -0.39 is 10.9 Å². The monoisotopic (exact) mass is 312 g/mol. The average Bonchev–Trinajstić information content (AvgIpc) is 2.55. The average molecular weight is 312 g/mol. The van der Waals surface area contributed by atoms with Crippen molar-refractivity contribution in [3.8, 4) is 5.75 Å². The summed E-state index contributed by atoms with van der Waals surface area (Å²) in [4.78, 5) is 33.6. The van der Waals surface area contributed by atoms with Gasteiger partial charge in [0.05, 0.1) is 10.5 Å². The predicted molar refractivity (Wildman–Crippen MR) is 81.4 cm³/mol. The van der Waals surface area contributed by atoms with Crippen LogP contribution in [-0.4, -0.2) is 16.8 Å². The zero-order chi connectivity index (χ0) is 16.4. The van der Waals surface area contributed by atoms with Gasteiger partial charge in [-0.1, -0.05) is 6.07 Å². The van der Waals surface area contributed by atoms with Crippen LogP contribution in [0.4, 0.5) is 11.4 Å². The lowest BCUT2D eigenvalue weighted by Crippen LogP contribution is -2.19. The molecule has 23 heavy (non-hydrogen) atoms. The van der Waals surface area contributed by atoms with Crippen LogP contribution in [0.3, 0.4) is 0 Å². The van der Waals surface area contributed by atoms with E-state index in [9.17, 15) is 19.7 Å². The maximum Gasteiger partial charge on any atom is 0.343 e. The maximum atomic E-state index is 12.1. The number of esters is 1. The summed E-state index contributed by atoms with van der Waals surface area (Å²) in [6, 6.07) is 10.3. The van der Waals surface area contributed by atoms with E-state index in [0.29, 0.717) is 24.3 Å². The summed E-state index contributed by atoms with van der Waals surface area (Å²) < 4.78 is 5.25. The lowest BCUT2D eigenvalue weighted by atomic mass is 10.0. The van der Waals surface area contributed by atoms with Crippen LogP contribution < -0.4 is 10.1 Å². The molecule has 2 aromatic carbocycles. The van der Waals surface area contributed by atoms with Crippen LogP contribution in [0.15, 0.2) is 42.5 Å². The van der Waals surface area contributed by atoms with Crippen LogP contribution in [-0.2, 0) is 11.2 Å². The molecule has 3 rings (SSSR count). The number of benzene rings is 2. The molecule has 0 unspecified atom stereocenters. The number of nitro benzene ring substituents is 1. The molecule has 0 atom stereocenters. The Balaban J connectivity index is 1.79. The number of nitrogens with zero attached hydrogens (tertiary/aromatic N) is 1. The molecule has 7 heteroatoms. The highest BCUT2D eigenvalue weighted by Gasteiger charge is 2.17. The second-order valence-electron chi connectivity index (χ2n) is 5.06. The molecular formula is C16H12N2O5. The van der Waals surface area contributed by atoms with E-state index >= 15 is 0 Å². The largest absolute Gasteiger partial charge is 0.423 e. The molecule has 7 nitrogen and oxygen atoms in total. The van der Waals surface area contributed by atoms with Crippen LogP contribution in [0.2, 0.25) is 0 Å². The Bertz CT molecular complexity index is 816. The summed E-state index contributed by atoms with van der Waals surface area (Å²) in [6.45, 7) is 0. The topological polar surface area (TPSA) is 98.5 Å². The second-order valence-corrected chi connectivity index (χ2v) is 5.06. The van der Waals surface area contributed by atoms with Crippen LogP contribution in [0.1, 0.15) is 22.3 Å². The van der Waals surface area contributed by atoms with Gasteiger partial charge >= 0.3 is 5.97 Å². The Morgan fingerprint density at radius 3 is 2.78 bits per heavy atom. The third-order valence-corrected chi connectivity index (χ3v) is 3.48. The van der Waals surface area contributed by atoms with Gasteiger partial charge < -0.3 is 10.1 Å². The number of nitrogens with one attached hydrogen (secondary N) is 1. The summed E-state index contributed by atoms with van der Waals surface area (Å²) >= 11 is 0. The fourth-order valence-electron chi connectivity index (χ4n) is 2.34. The van der Waals surface area contributed by atoms with Crippen LogP contribution in [0.5, 0.6) is 5.75 Å². The van der Waals surface area contributed by atoms with Gasteiger partial charge in [0.1, 0.15) is 5.75 Å². The lowest BCUT2D eigenvalue weighted by molar-refractivity contribution is -0.384. The van der Waals surface area contributed by atoms with Gasteiger partial charge in [-0.25, -0.2) is 4.79 Å². The highest BCUT2D eigenvalue weighted by Crippen LogP contribution is 2.27. The molecule has 0 aliphatic carbocycles. The van der Waals surface area contributed by atoms with E-state index in [0.717, 1.165) is 5.56 Å². The number of hydrogen-bond acceptors (Lipinski definition) is 5. The SMILES string of the molecule is O=C1CCc2cc(OC(=O)c3cccc([N+](=O)[O-])c3)ccc2N1. The zero-order valence-corrected chi connectivity index (χ0v) is 11.9. The smallest absolute Gasteiger partial charge is 0.343 e. The summed E-state index contributed by atoms with van der Waals surface area (Å²) in [5.41, 5.74) is 1.52. The Labute approximate surface area is 131 Å². The molecule has 1 N–H and O–H groups in total. The fraction of sp³-hybridized carbons (Fsp3) is 0.125. The van der Waals surface area contributed by atoms with E-state index in [2.05, 4.69) is 5.32 Å². The van der Waals surface area contributed by atoms with Crippen LogP contribution >= 0.6 is 0 Å². The zero-order valence-electron chi connectivity index (χ0n) is 11.9. The molecule has 0 fully saturated rings. The maximum absolute atomic E-state index is 12.1. The predicted octanol–water partition coefficient (Wildman–Crippen LogP) is 2.70. The molecular weight excluding hydrogens is 300 g/mol. The lowest BCUT2D eigenvalue weighted by Gasteiger charge is -2.17.